The first-order valence-electron chi connectivity index (χ1n) is 7.96. The predicted octanol–water partition coefficient (Wildman–Crippen LogP) is 2.00. The highest BCUT2D eigenvalue weighted by Crippen LogP contribution is 2.27. The summed E-state index contributed by atoms with van der Waals surface area (Å²) in [5.41, 5.74) is 2.42. The lowest BCUT2D eigenvalue weighted by Gasteiger charge is -2.18. The number of carbonyl (C=O) groups excluding carboxylic acids is 1. The highest BCUT2D eigenvalue weighted by molar-refractivity contribution is 5.78. The van der Waals surface area contributed by atoms with E-state index in [9.17, 15) is 9.59 Å². The zero-order valence-electron chi connectivity index (χ0n) is 13.4. The van der Waals surface area contributed by atoms with Gasteiger partial charge in [-0.2, -0.15) is 0 Å². The van der Waals surface area contributed by atoms with E-state index in [1.54, 1.807) is 0 Å². The van der Waals surface area contributed by atoms with Crippen molar-refractivity contribution in [1.82, 2.24) is 10.6 Å². The molecule has 3 N–H and O–H groups in total. The molecule has 0 aliphatic carbocycles. The topological polar surface area (TPSA) is 78.4 Å². The number of hydrogen-bond acceptors (Lipinski definition) is 3. The summed E-state index contributed by atoms with van der Waals surface area (Å²) in [5.74, 6) is -0.966. The zero-order chi connectivity index (χ0) is 17.2. The van der Waals surface area contributed by atoms with Gasteiger partial charge in [0, 0.05) is 12.5 Å². The lowest BCUT2D eigenvalue weighted by Crippen LogP contribution is -2.36. The van der Waals surface area contributed by atoms with Crippen molar-refractivity contribution in [2.24, 2.45) is 0 Å². The fraction of sp³-hybridized carbons (Fsp3) is 0.263. The van der Waals surface area contributed by atoms with Crippen LogP contribution in [-0.2, 0) is 9.59 Å². The van der Waals surface area contributed by atoms with Crippen molar-refractivity contribution >= 4 is 11.9 Å². The second kappa shape index (κ2) is 9.47. The third kappa shape index (κ3) is 5.85. The molecule has 2 aromatic carbocycles. The molecule has 1 amide bonds. The Morgan fingerprint density at radius 1 is 0.875 bits per heavy atom. The Morgan fingerprint density at radius 2 is 1.42 bits per heavy atom. The molecule has 24 heavy (non-hydrogen) atoms. The normalized spacial score (nSPS) is 10.5. The van der Waals surface area contributed by atoms with Gasteiger partial charge in [0.15, 0.2) is 0 Å². The minimum Gasteiger partial charge on any atom is -0.480 e. The third-order valence-electron chi connectivity index (χ3n) is 3.72. The Balaban J connectivity index is 1.90. The van der Waals surface area contributed by atoms with Crippen molar-refractivity contribution < 1.29 is 14.7 Å². The summed E-state index contributed by atoms with van der Waals surface area (Å²) in [5, 5.41) is 13.9. The Morgan fingerprint density at radius 3 is 1.92 bits per heavy atom. The molecule has 5 nitrogen and oxygen atoms in total. The first-order valence-corrected chi connectivity index (χ1v) is 7.96. The fourth-order valence-electron chi connectivity index (χ4n) is 2.60. The van der Waals surface area contributed by atoms with Crippen molar-refractivity contribution in [2.75, 3.05) is 19.6 Å². The Bertz CT molecular complexity index is 605. The minimum absolute atomic E-state index is 0.00758. The molecule has 0 bridgehead atoms. The summed E-state index contributed by atoms with van der Waals surface area (Å²) in [7, 11) is 0. The average molecular weight is 326 g/mol. The van der Waals surface area contributed by atoms with E-state index < -0.39 is 5.97 Å². The van der Waals surface area contributed by atoms with Crippen LogP contribution in [0.2, 0.25) is 0 Å². The van der Waals surface area contributed by atoms with Gasteiger partial charge in [-0.25, -0.2) is 0 Å². The number of carboxylic acid groups (broad SMARTS) is 1. The molecule has 0 atom stereocenters. The Hall–Kier alpha value is -2.66. The summed E-state index contributed by atoms with van der Waals surface area (Å²) in [4.78, 5) is 22.1. The number of benzene rings is 2. The summed E-state index contributed by atoms with van der Waals surface area (Å²) >= 11 is 0. The number of carboxylic acids is 1. The molecule has 5 heteroatoms. The van der Waals surface area contributed by atoms with Crippen LogP contribution in [0.25, 0.3) is 0 Å². The van der Waals surface area contributed by atoms with Gasteiger partial charge in [-0.05, 0) is 17.5 Å². The van der Waals surface area contributed by atoms with Crippen LogP contribution in [0.4, 0.5) is 0 Å². The van der Waals surface area contributed by atoms with Crippen molar-refractivity contribution in [3.05, 3.63) is 71.8 Å². The molecule has 0 aromatic heterocycles. The van der Waals surface area contributed by atoms with Crippen LogP contribution in [0.15, 0.2) is 60.7 Å². The number of rotatable bonds is 9. The average Bonchev–Trinajstić information content (AvgIpc) is 2.60. The molecular formula is C19H22N2O3. The maximum Gasteiger partial charge on any atom is 0.317 e. The SMILES string of the molecule is O=C(O)CNCC(=O)NCCC(c1ccccc1)c1ccccc1. The number of hydrogen-bond donors (Lipinski definition) is 3. The van der Waals surface area contributed by atoms with Crippen LogP contribution in [0, 0.1) is 0 Å². The standard InChI is InChI=1S/C19H22N2O3/c22-18(13-20-14-19(23)24)21-12-11-17(15-7-3-1-4-8-15)16-9-5-2-6-10-16/h1-10,17,20H,11-14H2,(H,21,22)(H,23,24). The highest BCUT2D eigenvalue weighted by Gasteiger charge is 2.14. The maximum atomic E-state index is 11.7. The molecule has 0 radical (unpaired) electrons. The molecule has 2 rings (SSSR count). The highest BCUT2D eigenvalue weighted by atomic mass is 16.4. The van der Waals surface area contributed by atoms with E-state index in [-0.39, 0.29) is 24.9 Å². The second-order valence-electron chi connectivity index (χ2n) is 5.51. The molecule has 0 saturated carbocycles. The van der Waals surface area contributed by atoms with Gasteiger partial charge in [0.05, 0.1) is 13.1 Å². The Kier molecular flexibility index (Phi) is 6.98. The summed E-state index contributed by atoms with van der Waals surface area (Å²) in [6.07, 6.45) is 0.776. The van der Waals surface area contributed by atoms with E-state index in [2.05, 4.69) is 34.9 Å². The van der Waals surface area contributed by atoms with Crippen LogP contribution in [0.5, 0.6) is 0 Å². The van der Waals surface area contributed by atoms with Gasteiger partial charge in [-0.15, -0.1) is 0 Å². The predicted molar refractivity (Wildman–Crippen MR) is 92.9 cm³/mol. The molecule has 0 spiro atoms. The maximum absolute atomic E-state index is 11.7. The van der Waals surface area contributed by atoms with Gasteiger partial charge < -0.3 is 10.4 Å². The number of aliphatic carboxylic acids is 1. The molecule has 126 valence electrons. The molecule has 0 fully saturated rings. The van der Waals surface area contributed by atoms with E-state index in [0.29, 0.717) is 6.54 Å². The first-order chi connectivity index (χ1) is 11.7. The van der Waals surface area contributed by atoms with Crippen LogP contribution >= 0.6 is 0 Å². The molecule has 0 heterocycles. The summed E-state index contributed by atoms with van der Waals surface area (Å²) < 4.78 is 0. The number of carbonyl (C=O) groups is 2. The van der Waals surface area contributed by atoms with Crippen LogP contribution < -0.4 is 10.6 Å². The van der Waals surface area contributed by atoms with Crippen molar-refractivity contribution in [3.63, 3.8) is 0 Å². The second-order valence-corrected chi connectivity index (χ2v) is 5.51. The largest absolute Gasteiger partial charge is 0.480 e. The van der Waals surface area contributed by atoms with E-state index in [4.69, 9.17) is 5.11 Å². The molecular weight excluding hydrogens is 304 g/mol. The van der Waals surface area contributed by atoms with Gasteiger partial charge in [0.25, 0.3) is 0 Å². The minimum atomic E-state index is -0.976. The van der Waals surface area contributed by atoms with Crippen LogP contribution in [-0.4, -0.2) is 36.6 Å². The fourth-order valence-corrected chi connectivity index (χ4v) is 2.60. The summed E-state index contributed by atoms with van der Waals surface area (Å²) in [6, 6.07) is 20.4. The number of nitrogens with one attached hydrogen (secondary N) is 2. The van der Waals surface area contributed by atoms with Crippen molar-refractivity contribution in [2.45, 2.75) is 12.3 Å². The first kappa shape index (κ1) is 17.7. The monoisotopic (exact) mass is 326 g/mol. The molecule has 0 saturated heterocycles. The summed E-state index contributed by atoms with van der Waals surface area (Å²) in [6.45, 7) is 0.319. The Labute approximate surface area is 141 Å². The van der Waals surface area contributed by atoms with E-state index in [1.807, 2.05) is 36.4 Å². The van der Waals surface area contributed by atoms with Crippen LogP contribution in [0.3, 0.4) is 0 Å². The molecule has 0 unspecified atom stereocenters. The van der Waals surface area contributed by atoms with Gasteiger partial charge in [-0.1, -0.05) is 60.7 Å². The van der Waals surface area contributed by atoms with E-state index in [1.165, 1.54) is 11.1 Å². The lowest BCUT2D eigenvalue weighted by molar-refractivity contribution is -0.136. The number of amides is 1. The van der Waals surface area contributed by atoms with E-state index >= 15 is 0 Å². The van der Waals surface area contributed by atoms with Crippen molar-refractivity contribution in [1.29, 1.82) is 0 Å². The van der Waals surface area contributed by atoms with Gasteiger partial charge in [-0.3, -0.25) is 14.9 Å². The zero-order valence-corrected chi connectivity index (χ0v) is 13.4. The van der Waals surface area contributed by atoms with E-state index in [0.717, 1.165) is 6.42 Å². The lowest BCUT2D eigenvalue weighted by atomic mass is 9.88. The van der Waals surface area contributed by atoms with Gasteiger partial charge in [0.2, 0.25) is 5.91 Å². The van der Waals surface area contributed by atoms with Crippen LogP contribution in [0.1, 0.15) is 23.5 Å². The van der Waals surface area contributed by atoms with Gasteiger partial charge in [0.1, 0.15) is 0 Å². The molecule has 2 aromatic rings. The third-order valence-corrected chi connectivity index (χ3v) is 3.72. The molecule has 0 aliphatic heterocycles. The molecule has 0 aliphatic rings. The quantitative estimate of drug-likeness (QED) is 0.658. The van der Waals surface area contributed by atoms with Crippen molar-refractivity contribution in [3.8, 4) is 0 Å². The van der Waals surface area contributed by atoms with Gasteiger partial charge >= 0.3 is 5.97 Å². The smallest absolute Gasteiger partial charge is 0.317 e.